The first kappa shape index (κ1) is 15.7. The highest BCUT2D eigenvalue weighted by molar-refractivity contribution is 9.11. The minimum absolute atomic E-state index is 0.0641. The van der Waals surface area contributed by atoms with Crippen LogP contribution in [0.4, 0.5) is 0 Å². The number of nitrogens with zero attached hydrogens (tertiary/aromatic N) is 1. The van der Waals surface area contributed by atoms with E-state index in [0.717, 1.165) is 14.2 Å². The molecule has 0 aliphatic heterocycles. The van der Waals surface area contributed by atoms with Crippen molar-refractivity contribution in [1.82, 2.24) is 4.90 Å². The molecule has 0 fully saturated rings. The number of hydrogen-bond acceptors (Lipinski definition) is 4. The van der Waals surface area contributed by atoms with Gasteiger partial charge in [0.1, 0.15) is 0 Å². The van der Waals surface area contributed by atoms with Crippen molar-refractivity contribution in [3.63, 3.8) is 0 Å². The summed E-state index contributed by atoms with van der Waals surface area (Å²) in [5.74, 6) is 0.0641. The number of rotatable bonds is 6. The van der Waals surface area contributed by atoms with Crippen LogP contribution in [0, 0.1) is 6.92 Å². The van der Waals surface area contributed by atoms with Crippen LogP contribution in [0.2, 0.25) is 0 Å². The van der Waals surface area contributed by atoms with Gasteiger partial charge in [-0.15, -0.1) is 22.7 Å². The molecule has 3 nitrogen and oxygen atoms in total. The second-order valence-electron chi connectivity index (χ2n) is 4.37. The number of carbonyl (C=O) groups excluding carboxylic acids is 1. The first-order valence-electron chi connectivity index (χ1n) is 6.18. The number of ether oxygens (including phenoxy) is 1. The molecule has 108 valence electrons. The number of thiophene rings is 2. The minimum Gasteiger partial charge on any atom is -0.383 e. The van der Waals surface area contributed by atoms with Crippen LogP contribution in [0.1, 0.15) is 20.1 Å². The van der Waals surface area contributed by atoms with Crippen LogP contribution in [-0.2, 0) is 11.3 Å². The molecule has 2 rings (SSSR count). The Morgan fingerprint density at radius 1 is 1.50 bits per heavy atom. The van der Waals surface area contributed by atoms with Crippen LogP contribution in [0.25, 0.3) is 0 Å². The van der Waals surface area contributed by atoms with Gasteiger partial charge >= 0.3 is 0 Å². The van der Waals surface area contributed by atoms with Gasteiger partial charge < -0.3 is 9.64 Å². The predicted molar refractivity (Wildman–Crippen MR) is 87.7 cm³/mol. The zero-order chi connectivity index (χ0) is 14.5. The number of halogens is 1. The molecule has 2 aromatic heterocycles. The highest BCUT2D eigenvalue weighted by atomic mass is 79.9. The van der Waals surface area contributed by atoms with Crippen molar-refractivity contribution in [1.29, 1.82) is 0 Å². The SMILES string of the molecule is COCCN(Cc1cccs1)C(=O)c1cc(C)c(Br)s1. The Kier molecular flexibility index (Phi) is 5.77. The smallest absolute Gasteiger partial charge is 0.264 e. The van der Waals surface area contributed by atoms with Gasteiger partial charge in [-0.2, -0.15) is 0 Å². The first-order valence-corrected chi connectivity index (χ1v) is 8.67. The van der Waals surface area contributed by atoms with Crippen molar-refractivity contribution in [2.75, 3.05) is 20.3 Å². The lowest BCUT2D eigenvalue weighted by molar-refractivity contribution is 0.0687. The van der Waals surface area contributed by atoms with Crippen LogP contribution < -0.4 is 0 Å². The molecule has 20 heavy (non-hydrogen) atoms. The van der Waals surface area contributed by atoms with Gasteiger partial charge in [0.25, 0.3) is 5.91 Å². The number of amides is 1. The van der Waals surface area contributed by atoms with Gasteiger partial charge in [-0.1, -0.05) is 6.07 Å². The van der Waals surface area contributed by atoms with E-state index in [1.54, 1.807) is 18.4 Å². The van der Waals surface area contributed by atoms with Crippen molar-refractivity contribution in [3.8, 4) is 0 Å². The monoisotopic (exact) mass is 373 g/mol. The Morgan fingerprint density at radius 2 is 2.30 bits per heavy atom. The van der Waals surface area contributed by atoms with Crippen LogP contribution >= 0.6 is 38.6 Å². The van der Waals surface area contributed by atoms with E-state index in [1.165, 1.54) is 16.2 Å². The summed E-state index contributed by atoms with van der Waals surface area (Å²) in [6, 6.07) is 5.99. The lowest BCUT2D eigenvalue weighted by Crippen LogP contribution is -2.32. The molecule has 0 bridgehead atoms. The molecule has 0 saturated heterocycles. The van der Waals surface area contributed by atoms with Gasteiger partial charge in [-0.05, 0) is 45.9 Å². The molecule has 0 radical (unpaired) electrons. The molecular weight excluding hydrogens is 358 g/mol. The normalized spacial score (nSPS) is 10.8. The molecule has 0 unspecified atom stereocenters. The molecule has 2 heterocycles. The van der Waals surface area contributed by atoms with Crippen molar-refractivity contribution in [2.24, 2.45) is 0 Å². The van der Waals surface area contributed by atoms with Crippen molar-refractivity contribution >= 4 is 44.5 Å². The summed E-state index contributed by atoms with van der Waals surface area (Å²) in [4.78, 5) is 16.4. The molecule has 0 saturated carbocycles. The third-order valence-electron chi connectivity index (χ3n) is 2.85. The van der Waals surface area contributed by atoms with E-state index < -0.39 is 0 Å². The maximum Gasteiger partial charge on any atom is 0.264 e. The maximum atomic E-state index is 12.6. The van der Waals surface area contributed by atoms with E-state index >= 15 is 0 Å². The molecule has 0 atom stereocenters. The number of methoxy groups -OCH3 is 1. The van der Waals surface area contributed by atoms with Crippen LogP contribution in [-0.4, -0.2) is 31.1 Å². The van der Waals surface area contributed by atoms with Crippen LogP contribution in [0.5, 0.6) is 0 Å². The Balaban J connectivity index is 2.14. The van der Waals surface area contributed by atoms with Crippen LogP contribution in [0.3, 0.4) is 0 Å². The van der Waals surface area contributed by atoms with E-state index in [-0.39, 0.29) is 5.91 Å². The number of hydrogen-bond donors (Lipinski definition) is 0. The molecule has 2 aromatic rings. The van der Waals surface area contributed by atoms with E-state index in [1.807, 2.05) is 35.4 Å². The topological polar surface area (TPSA) is 29.5 Å². The molecule has 0 aliphatic rings. The minimum atomic E-state index is 0.0641. The first-order chi connectivity index (χ1) is 9.61. The summed E-state index contributed by atoms with van der Waals surface area (Å²) in [7, 11) is 1.65. The Labute approximate surface area is 135 Å². The zero-order valence-corrected chi connectivity index (χ0v) is 14.6. The fourth-order valence-electron chi connectivity index (χ4n) is 1.77. The summed E-state index contributed by atoms with van der Waals surface area (Å²) in [5, 5.41) is 2.03. The Morgan fingerprint density at radius 3 is 2.85 bits per heavy atom. The molecule has 6 heteroatoms. The summed E-state index contributed by atoms with van der Waals surface area (Å²) < 4.78 is 6.13. The highest BCUT2D eigenvalue weighted by Gasteiger charge is 2.19. The van der Waals surface area contributed by atoms with E-state index in [4.69, 9.17) is 4.74 Å². The van der Waals surface area contributed by atoms with Gasteiger partial charge in [-0.3, -0.25) is 4.79 Å². The fraction of sp³-hybridized carbons (Fsp3) is 0.357. The quantitative estimate of drug-likeness (QED) is 0.760. The van der Waals surface area contributed by atoms with Gasteiger partial charge in [-0.25, -0.2) is 0 Å². The lowest BCUT2D eigenvalue weighted by Gasteiger charge is -2.21. The number of carbonyl (C=O) groups is 1. The number of aryl methyl sites for hydroxylation is 1. The largest absolute Gasteiger partial charge is 0.383 e. The average Bonchev–Trinajstić information content (AvgIpc) is 3.05. The van der Waals surface area contributed by atoms with E-state index in [0.29, 0.717) is 19.7 Å². The van der Waals surface area contributed by atoms with E-state index in [2.05, 4.69) is 15.9 Å². The van der Waals surface area contributed by atoms with Crippen molar-refractivity contribution in [2.45, 2.75) is 13.5 Å². The summed E-state index contributed by atoms with van der Waals surface area (Å²) >= 11 is 6.62. The summed E-state index contributed by atoms with van der Waals surface area (Å²) in [5.41, 5.74) is 1.10. The second-order valence-corrected chi connectivity index (χ2v) is 7.77. The van der Waals surface area contributed by atoms with Crippen molar-refractivity contribution < 1.29 is 9.53 Å². The second kappa shape index (κ2) is 7.36. The lowest BCUT2D eigenvalue weighted by atomic mass is 10.3. The fourth-order valence-corrected chi connectivity index (χ4v) is 3.99. The van der Waals surface area contributed by atoms with Gasteiger partial charge in [0, 0.05) is 18.5 Å². The van der Waals surface area contributed by atoms with Gasteiger partial charge in [0.15, 0.2) is 0 Å². The van der Waals surface area contributed by atoms with Gasteiger partial charge in [0.2, 0.25) is 0 Å². The Hall–Kier alpha value is -0.690. The van der Waals surface area contributed by atoms with E-state index in [9.17, 15) is 4.79 Å². The highest BCUT2D eigenvalue weighted by Crippen LogP contribution is 2.28. The zero-order valence-electron chi connectivity index (χ0n) is 11.4. The molecule has 0 N–H and O–H groups in total. The molecule has 0 spiro atoms. The summed E-state index contributed by atoms with van der Waals surface area (Å²) in [6.45, 7) is 3.77. The van der Waals surface area contributed by atoms with Gasteiger partial charge in [0.05, 0.1) is 21.8 Å². The molecule has 1 amide bonds. The third-order valence-corrected chi connectivity index (χ3v) is 5.83. The van der Waals surface area contributed by atoms with Crippen molar-refractivity contribution in [3.05, 3.63) is 42.7 Å². The predicted octanol–water partition coefficient (Wildman–Crippen LogP) is 4.17. The maximum absolute atomic E-state index is 12.6. The molecule has 0 aliphatic carbocycles. The average molecular weight is 374 g/mol. The molecular formula is C14H16BrNO2S2. The molecule has 0 aromatic carbocycles. The standard InChI is InChI=1S/C14H16BrNO2S2/c1-10-8-12(20-13(10)15)14(17)16(5-6-18-2)9-11-4-3-7-19-11/h3-4,7-8H,5-6,9H2,1-2H3. The third kappa shape index (κ3) is 3.91. The Bertz CT molecular complexity index is 546. The summed E-state index contributed by atoms with van der Waals surface area (Å²) in [6.07, 6.45) is 0. The van der Waals surface area contributed by atoms with Crippen LogP contribution in [0.15, 0.2) is 27.4 Å².